The van der Waals surface area contributed by atoms with Crippen molar-refractivity contribution in [2.24, 2.45) is 0 Å². The molecular weight excluding hydrogens is 296 g/mol. The molecule has 0 aliphatic rings. The van der Waals surface area contributed by atoms with Crippen molar-refractivity contribution in [3.8, 4) is 0 Å². The maximum Gasteiger partial charge on any atom is 0.215 e. The predicted molar refractivity (Wildman–Crippen MR) is 95.1 cm³/mol. The third kappa shape index (κ3) is 7.55. The number of hydrogen-bond donors (Lipinski definition) is 1. The molecule has 0 aliphatic heterocycles. The number of rotatable bonds is 15. The van der Waals surface area contributed by atoms with Crippen LogP contribution >= 0.6 is 0 Å². The third-order valence-electron chi connectivity index (χ3n) is 4.70. The molecule has 4 nitrogen and oxygen atoms in total. The standard InChI is InChI=1S/C17H38O4Si/c1-5-6-7-8-9-10-11-12-13-14-15-16(18,19-2)17(22,20-3)21-4/h18H,5-15H2,1-4,22H3. The second-order valence-electron chi connectivity index (χ2n) is 6.27. The lowest BCUT2D eigenvalue weighted by molar-refractivity contribution is -0.343. The molecule has 0 aromatic rings. The van der Waals surface area contributed by atoms with Gasteiger partial charge in [-0.15, -0.1) is 0 Å². The second-order valence-corrected chi connectivity index (χ2v) is 7.59. The highest BCUT2D eigenvalue weighted by atomic mass is 28.1. The molecule has 0 aromatic carbocycles. The number of methoxy groups -OCH3 is 3. The Morgan fingerprint density at radius 2 is 1.14 bits per heavy atom. The van der Waals surface area contributed by atoms with Crippen molar-refractivity contribution in [3.05, 3.63) is 0 Å². The number of ether oxygens (including phenoxy) is 3. The maximum atomic E-state index is 10.6. The lowest BCUT2D eigenvalue weighted by Crippen LogP contribution is -2.58. The minimum absolute atomic E-state index is 0.539. The average molecular weight is 335 g/mol. The monoisotopic (exact) mass is 334 g/mol. The van der Waals surface area contributed by atoms with E-state index in [1.54, 1.807) is 14.2 Å². The van der Waals surface area contributed by atoms with E-state index in [2.05, 4.69) is 6.92 Å². The van der Waals surface area contributed by atoms with Crippen LogP contribution < -0.4 is 0 Å². The molecule has 22 heavy (non-hydrogen) atoms. The van der Waals surface area contributed by atoms with E-state index >= 15 is 0 Å². The number of unbranched alkanes of at least 4 members (excludes halogenated alkanes) is 9. The van der Waals surface area contributed by atoms with Gasteiger partial charge in [-0.1, -0.05) is 64.7 Å². The fraction of sp³-hybridized carbons (Fsp3) is 1.00. The Balaban J connectivity index is 3.80. The molecular formula is C17H38O4Si. The van der Waals surface area contributed by atoms with Gasteiger partial charge in [0.2, 0.25) is 5.79 Å². The van der Waals surface area contributed by atoms with E-state index in [-0.39, 0.29) is 0 Å². The quantitative estimate of drug-likeness (QED) is 0.284. The van der Waals surface area contributed by atoms with E-state index in [1.165, 1.54) is 58.5 Å². The van der Waals surface area contributed by atoms with Gasteiger partial charge in [0.05, 0.1) is 10.2 Å². The van der Waals surface area contributed by atoms with E-state index in [4.69, 9.17) is 14.2 Å². The van der Waals surface area contributed by atoms with Gasteiger partial charge in [-0.2, -0.15) is 0 Å². The summed E-state index contributed by atoms with van der Waals surface area (Å²) in [5, 5.41) is 10.6. The predicted octanol–water partition coefficient (Wildman–Crippen LogP) is 2.94. The third-order valence-corrected chi connectivity index (χ3v) is 6.29. The molecule has 1 unspecified atom stereocenters. The van der Waals surface area contributed by atoms with Crippen molar-refractivity contribution in [3.63, 3.8) is 0 Å². The van der Waals surface area contributed by atoms with Crippen molar-refractivity contribution in [1.29, 1.82) is 0 Å². The molecule has 1 N–H and O–H groups in total. The van der Waals surface area contributed by atoms with E-state index in [9.17, 15) is 5.11 Å². The van der Waals surface area contributed by atoms with Crippen LogP contribution in [-0.4, -0.2) is 47.9 Å². The summed E-state index contributed by atoms with van der Waals surface area (Å²) >= 11 is 0. The summed E-state index contributed by atoms with van der Waals surface area (Å²) in [4.78, 5) is 0. The topological polar surface area (TPSA) is 47.9 Å². The molecule has 0 bridgehead atoms. The lowest BCUT2D eigenvalue weighted by atomic mass is 10.0. The highest BCUT2D eigenvalue weighted by Crippen LogP contribution is 2.30. The smallest absolute Gasteiger partial charge is 0.215 e. The molecule has 0 saturated heterocycles. The molecule has 0 aromatic heterocycles. The van der Waals surface area contributed by atoms with Crippen LogP contribution in [-0.2, 0) is 14.2 Å². The summed E-state index contributed by atoms with van der Waals surface area (Å²) in [5.74, 6) is -1.34. The first kappa shape index (κ1) is 22.1. The van der Waals surface area contributed by atoms with Gasteiger partial charge in [0, 0.05) is 27.8 Å². The Morgan fingerprint density at radius 3 is 1.50 bits per heavy atom. The first-order valence-electron chi connectivity index (χ1n) is 8.87. The van der Waals surface area contributed by atoms with Gasteiger partial charge in [0.15, 0.2) is 5.41 Å². The Labute approximate surface area is 140 Å². The van der Waals surface area contributed by atoms with Gasteiger partial charge in [-0.05, 0) is 6.42 Å². The second kappa shape index (κ2) is 12.5. The molecule has 0 radical (unpaired) electrons. The zero-order chi connectivity index (χ0) is 16.9. The minimum atomic E-state index is -1.34. The van der Waals surface area contributed by atoms with Gasteiger partial charge in [0.1, 0.15) is 0 Å². The van der Waals surface area contributed by atoms with E-state index in [1.807, 2.05) is 0 Å². The molecule has 0 amide bonds. The first-order valence-corrected chi connectivity index (χ1v) is 9.87. The fourth-order valence-corrected chi connectivity index (χ4v) is 3.22. The van der Waals surface area contributed by atoms with Crippen molar-refractivity contribution in [1.82, 2.24) is 0 Å². The first-order chi connectivity index (χ1) is 10.5. The number of hydrogen-bond acceptors (Lipinski definition) is 4. The minimum Gasteiger partial charge on any atom is -0.362 e. The molecule has 0 fully saturated rings. The zero-order valence-electron chi connectivity index (χ0n) is 15.5. The van der Waals surface area contributed by atoms with Crippen LogP contribution in [0.15, 0.2) is 0 Å². The maximum absolute atomic E-state index is 10.6. The normalized spacial score (nSPS) is 15.1. The van der Waals surface area contributed by atoms with Crippen molar-refractivity contribution in [2.45, 2.75) is 88.8 Å². The van der Waals surface area contributed by atoms with Crippen LogP contribution in [0.1, 0.15) is 77.6 Å². The molecule has 0 saturated carbocycles. The molecule has 134 valence electrons. The van der Waals surface area contributed by atoms with E-state index in [0.29, 0.717) is 16.7 Å². The summed E-state index contributed by atoms with van der Waals surface area (Å²) < 4.78 is 16.0. The van der Waals surface area contributed by atoms with Gasteiger partial charge in [0.25, 0.3) is 0 Å². The highest BCUT2D eigenvalue weighted by molar-refractivity contribution is 6.14. The Hall–Kier alpha value is 0.0569. The Morgan fingerprint density at radius 1 is 0.727 bits per heavy atom. The van der Waals surface area contributed by atoms with Gasteiger partial charge < -0.3 is 19.3 Å². The van der Waals surface area contributed by atoms with E-state index in [0.717, 1.165) is 12.8 Å². The summed E-state index contributed by atoms with van der Waals surface area (Å²) in [5.41, 5.74) is -0.999. The van der Waals surface area contributed by atoms with Crippen LogP contribution in [0.3, 0.4) is 0 Å². The summed E-state index contributed by atoms with van der Waals surface area (Å²) in [6.45, 7) is 2.25. The van der Waals surface area contributed by atoms with E-state index < -0.39 is 11.2 Å². The average Bonchev–Trinajstić information content (AvgIpc) is 2.55. The lowest BCUT2D eigenvalue weighted by Gasteiger charge is -2.41. The molecule has 0 spiro atoms. The molecule has 5 heteroatoms. The van der Waals surface area contributed by atoms with Crippen LogP contribution in [0.5, 0.6) is 0 Å². The Kier molecular flexibility index (Phi) is 12.5. The van der Waals surface area contributed by atoms with Crippen LogP contribution in [0.25, 0.3) is 0 Å². The van der Waals surface area contributed by atoms with Crippen molar-refractivity contribution in [2.75, 3.05) is 21.3 Å². The van der Waals surface area contributed by atoms with Crippen molar-refractivity contribution < 1.29 is 19.3 Å². The van der Waals surface area contributed by atoms with Gasteiger partial charge in [-0.3, -0.25) is 0 Å². The van der Waals surface area contributed by atoms with Crippen LogP contribution in [0.2, 0.25) is 0 Å². The molecule has 0 rings (SSSR count). The SMILES string of the molecule is CCCCCCCCCCCCC(O)(OC)C([SiH3])(OC)OC. The zero-order valence-corrected chi connectivity index (χ0v) is 17.5. The summed E-state index contributed by atoms with van der Waals surface area (Å²) in [6.07, 6.45) is 13.2. The highest BCUT2D eigenvalue weighted by Gasteiger charge is 2.47. The molecule has 0 heterocycles. The summed E-state index contributed by atoms with van der Waals surface area (Å²) in [7, 11) is 5.16. The Bertz CT molecular complexity index is 259. The van der Waals surface area contributed by atoms with Gasteiger partial charge in [-0.25, -0.2) is 0 Å². The summed E-state index contributed by atoms with van der Waals surface area (Å²) in [6, 6.07) is 0. The van der Waals surface area contributed by atoms with Crippen molar-refractivity contribution >= 4 is 10.2 Å². The molecule has 0 aliphatic carbocycles. The van der Waals surface area contributed by atoms with Gasteiger partial charge >= 0.3 is 0 Å². The van der Waals surface area contributed by atoms with Crippen LogP contribution in [0, 0.1) is 0 Å². The van der Waals surface area contributed by atoms with Crippen LogP contribution in [0.4, 0.5) is 0 Å². The molecule has 1 atom stereocenters. The number of aliphatic hydroxyl groups is 1. The fourth-order valence-electron chi connectivity index (χ4n) is 2.77. The largest absolute Gasteiger partial charge is 0.362 e.